The predicted octanol–water partition coefficient (Wildman–Crippen LogP) is 5.94. The minimum atomic E-state index is -4.41. The number of carbonyl (C=O) groups excluding carboxylic acids is 1. The van der Waals surface area contributed by atoms with Gasteiger partial charge in [-0.05, 0) is 30.3 Å². The van der Waals surface area contributed by atoms with Gasteiger partial charge in [0.15, 0.2) is 0 Å². The summed E-state index contributed by atoms with van der Waals surface area (Å²) in [6.07, 6.45) is -4.41. The lowest BCUT2D eigenvalue weighted by Gasteiger charge is -2.07. The molecular weight excluding hydrogens is 387 g/mol. The van der Waals surface area contributed by atoms with Gasteiger partial charge in [-0.3, -0.25) is 4.79 Å². The lowest BCUT2D eigenvalue weighted by molar-refractivity contribution is -0.137. The highest BCUT2D eigenvalue weighted by atomic mass is 19.4. The van der Waals surface area contributed by atoms with Crippen LogP contribution in [0.25, 0.3) is 10.9 Å². The van der Waals surface area contributed by atoms with Crippen LogP contribution < -0.4 is 0 Å². The van der Waals surface area contributed by atoms with Crippen molar-refractivity contribution in [1.82, 2.24) is 4.57 Å². The number of para-hydroxylation sites is 1. The molecule has 0 saturated carbocycles. The van der Waals surface area contributed by atoms with Gasteiger partial charge in [0.1, 0.15) is 0 Å². The van der Waals surface area contributed by atoms with Crippen molar-refractivity contribution in [1.29, 1.82) is 0 Å². The van der Waals surface area contributed by atoms with Crippen LogP contribution in [0.5, 0.6) is 0 Å². The Bertz CT molecular complexity index is 1270. The summed E-state index contributed by atoms with van der Waals surface area (Å²) in [5, 5.41) is 0.901. The minimum absolute atomic E-state index is 0.132. The van der Waals surface area contributed by atoms with E-state index >= 15 is 0 Å². The normalized spacial score (nSPS) is 11.2. The summed E-state index contributed by atoms with van der Waals surface area (Å²) in [5.41, 5.74) is 1.43. The number of halogens is 3. The molecule has 0 unspecified atom stereocenters. The number of ketones is 1. The van der Waals surface area contributed by atoms with Crippen molar-refractivity contribution < 1.29 is 18.0 Å². The number of hydrogen-bond donors (Lipinski definition) is 0. The van der Waals surface area contributed by atoms with E-state index < -0.39 is 11.7 Å². The van der Waals surface area contributed by atoms with Gasteiger partial charge in [-0.1, -0.05) is 66.4 Å². The lowest BCUT2D eigenvalue weighted by Crippen LogP contribution is -2.09. The molecule has 0 aliphatic heterocycles. The topological polar surface area (TPSA) is 22.0 Å². The van der Waals surface area contributed by atoms with Gasteiger partial charge in [-0.25, -0.2) is 0 Å². The second kappa shape index (κ2) is 7.92. The Morgan fingerprint density at radius 2 is 1.60 bits per heavy atom. The maximum absolute atomic E-state index is 13.0. The molecule has 1 aromatic heterocycles. The molecule has 0 atom stereocenters. The van der Waals surface area contributed by atoms with Crippen molar-refractivity contribution in [2.24, 2.45) is 0 Å². The SMILES string of the molecule is O=C(c1ccccc1)c1cc2ccccc2n1CC#Cc1cccc(C(F)(F)F)c1. The monoisotopic (exact) mass is 403 g/mol. The van der Waals surface area contributed by atoms with Gasteiger partial charge in [0.2, 0.25) is 5.78 Å². The predicted molar refractivity (Wildman–Crippen MR) is 110 cm³/mol. The Morgan fingerprint density at radius 3 is 2.37 bits per heavy atom. The summed E-state index contributed by atoms with van der Waals surface area (Å²) in [4.78, 5) is 13.0. The highest BCUT2D eigenvalue weighted by Gasteiger charge is 2.30. The minimum Gasteiger partial charge on any atom is -0.326 e. The number of alkyl halides is 3. The summed E-state index contributed by atoms with van der Waals surface area (Å²) in [6, 6.07) is 23.2. The summed E-state index contributed by atoms with van der Waals surface area (Å²) < 4.78 is 40.5. The first-order chi connectivity index (χ1) is 14.4. The zero-order valence-electron chi connectivity index (χ0n) is 15.8. The van der Waals surface area contributed by atoms with Crippen LogP contribution in [0.15, 0.2) is 84.9 Å². The number of aromatic nitrogens is 1. The van der Waals surface area contributed by atoms with Crippen molar-refractivity contribution in [3.63, 3.8) is 0 Å². The fourth-order valence-corrected chi connectivity index (χ4v) is 3.30. The molecule has 0 saturated heterocycles. The van der Waals surface area contributed by atoms with Gasteiger partial charge < -0.3 is 4.57 Å². The number of fused-ring (bicyclic) bond motifs is 1. The molecule has 2 nitrogen and oxygen atoms in total. The van der Waals surface area contributed by atoms with E-state index in [4.69, 9.17) is 0 Å². The van der Waals surface area contributed by atoms with Crippen molar-refractivity contribution in [3.05, 3.63) is 107 Å². The Morgan fingerprint density at radius 1 is 0.867 bits per heavy atom. The van der Waals surface area contributed by atoms with Gasteiger partial charge in [0.05, 0.1) is 17.8 Å². The van der Waals surface area contributed by atoms with E-state index in [0.717, 1.165) is 23.0 Å². The Kier molecular flexibility index (Phi) is 5.16. The highest BCUT2D eigenvalue weighted by molar-refractivity contribution is 6.10. The maximum Gasteiger partial charge on any atom is 0.416 e. The molecule has 0 spiro atoms. The fraction of sp³-hybridized carbons (Fsp3) is 0.0800. The van der Waals surface area contributed by atoms with Crippen molar-refractivity contribution in [3.8, 4) is 11.8 Å². The molecule has 1 heterocycles. The van der Waals surface area contributed by atoms with Crippen molar-refractivity contribution >= 4 is 16.7 Å². The van der Waals surface area contributed by atoms with Crippen molar-refractivity contribution in [2.75, 3.05) is 0 Å². The molecule has 30 heavy (non-hydrogen) atoms. The molecule has 3 aromatic carbocycles. The molecule has 0 bridgehead atoms. The molecule has 0 N–H and O–H groups in total. The second-order valence-corrected chi connectivity index (χ2v) is 6.75. The van der Waals surface area contributed by atoms with Crippen LogP contribution in [0.1, 0.15) is 27.2 Å². The summed E-state index contributed by atoms with van der Waals surface area (Å²) in [5.74, 6) is 5.57. The van der Waals surface area contributed by atoms with Crippen LogP contribution in [0.4, 0.5) is 13.2 Å². The number of hydrogen-bond acceptors (Lipinski definition) is 1. The van der Waals surface area contributed by atoms with Gasteiger partial charge in [0, 0.05) is 22.0 Å². The fourth-order valence-electron chi connectivity index (χ4n) is 3.30. The first kappa shape index (κ1) is 19.5. The van der Waals surface area contributed by atoms with E-state index in [1.165, 1.54) is 12.1 Å². The summed E-state index contributed by atoms with van der Waals surface area (Å²) in [7, 11) is 0. The van der Waals surface area contributed by atoms with E-state index in [1.807, 2.05) is 36.4 Å². The van der Waals surface area contributed by atoms with Gasteiger partial charge in [-0.2, -0.15) is 13.2 Å². The zero-order valence-corrected chi connectivity index (χ0v) is 15.8. The maximum atomic E-state index is 13.0. The first-order valence-electron chi connectivity index (χ1n) is 9.27. The van der Waals surface area contributed by atoms with E-state index in [1.54, 1.807) is 28.8 Å². The molecule has 4 rings (SSSR count). The van der Waals surface area contributed by atoms with Crippen LogP contribution in [0.2, 0.25) is 0 Å². The highest BCUT2D eigenvalue weighted by Crippen LogP contribution is 2.29. The third kappa shape index (κ3) is 3.99. The smallest absolute Gasteiger partial charge is 0.326 e. The van der Waals surface area contributed by atoms with E-state index in [-0.39, 0.29) is 17.9 Å². The van der Waals surface area contributed by atoms with Gasteiger partial charge >= 0.3 is 6.18 Å². The summed E-state index contributed by atoms with van der Waals surface area (Å²) >= 11 is 0. The Balaban J connectivity index is 1.70. The molecule has 0 radical (unpaired) electrons. The third-order valence-electron chi connectivity index (χ3n) is 4.74. The zero-order chi connectivity index (χ0) is 21.1. The van der Waals surface area contributed by atoms with Crippen LogP contribution in [-0.2, 0) is 12.7 Å². The molecule has 4 aromatic rings. The third-order valence-corrected chi connectivity index (χ3v) is 4.74. The standard InChI is InChI=1S/C25H16F3NO/c26-25(27,28)21-13-6-8-18(16-21)9-7-15-29-22-14-5-4-12-20(22)17-23(29)24(30)19-10-2-1-3-11-19/h1-6,8,10-14,16-17H,15H2. The number of carbonyl (C=O) groups is 1. The Labute approximate surface area is 171 Å². The van der Waals surface area contributed by atoms with Gasteiger partial charge in [-0.15, -0.1) is 0 Å². The molecule has 5 heteroatoms. The largest absolute Gasteiger partial charge is 0.416 e. The molecular formula is C25H16F3NO. The summed E-state index contributed by atoms with van der Waals surface area (Å²) in [6.45, 7) is 0.178. The number of rotatable bonds is 3. The van der Waals surface area contributed by atoms with Crippen LogP contribution in [0.3, 0.4) is 0 Å². The van der Waals surface area contributed by atoms with E-state index in [9.17, 15) is 18.0 Å². The molecule has 0 fully saturated rings. The Hall–Kier alpha value is -3.78. The quantitative estimate of drug-likeness (QED) is 0.306. The molecule has 0 aliphatic carbocycles. The van der Waals surface area contributed by atoms with Gasteiger partial charge in [0.25, 0.3) is 0 Å². The molecule has 0 amide bonds. The van der Waals surface area contributed by atoms with Crippen LogP contribution in [-0.4, -0.2) is 10.4 Å². The molecule has 148 valence electrons. The average Bonchev–Trinajstić information content (AvgIpc) is 3.12. The number of nitrogens with zero attached hydrogens (tertiary/aromatic N) is 1. The van der Waals surface area contributed by atoms with E-state index in [2.05, 4.69) is 11.8 Å². The lowest BCUT2D eigenvalue weighted by atomic mass is 10.1. The number of benzene rings is 3. The molecule has 0 aliphatic rings. The van der Waals surface area contributed by atoms with E-state index in [0.29, 0.717) is 11.3 Å². The second-order valence-electron chi connectivity index (χ2n) is 6.75. The average molecular weight is 403 g/mol. The van der Waals surface area contributed by atoms with Crippen LogP contribution in [0, 0.1) is 11.8 Å². The van der Waals surface area contributed by atoms with Crippen LogP contribution >= 0.6 is 0 Å². The first-order valence-corrected chi connectivity index (χ1v) is 9.27. The van der Waals surface area contributed by atoms with Crippen molar-refractivity contribution in [2.45, 2.75) is 12.7 Å².